The Bertz CT molecular complexity index is 624. The second-order valence-electron chi connectivity index (χ2n) is 6.13. The number of sulfone groups is 1. The number of hydrogen-bond acceptors (Lipinski definition) is 4. The lowest BCUT2D eigenvalue weighted by atomic mass is 10.0. The van der Waals surface area contributed by atoms with Gasteiger partial charge in [-0.3, -0.25) is 4.79 Å². The molecule has 0 N–H and O–H groups in total. The van der Waals surface area contributed by atoms with Crippen molar-refractivity contribution < 1.29 is 17.9 Å². The van der Waals surface area contributed by atoms with Crippen molar-refractivity contribution >= 4 is 15.7 Å². The minimum atomic E-state index is -3.18. The molecule has 1 saturated heterocycles. The highest BCUT2D eigenvalue weighted by atomic mass is 32.2. The van der Waals surface area contributed by atoms with Gasteiger partial charge in [0.1, 0.15) is 5.75 Å². The first-order valence-corrected chi connectivity index (χ1v) is 9.99. The summed E-state index contributed by atoms with van der Waals surface area (Å²) in [4.78, 5) is 14.4. The Morgan fingerprint density at radius 2 is 1.96 bits per heavy atom. The van der Waals surface area contributed by atoms with Crippen LogP contribution in [0.2, 0.25) is 0 Å². The zero-order valence-corrected chi connectivity index (χ0v) is 14.6. The van der Waals surface area contributed by atoms with Crippen LogP contribution in [0.15, 0.2) is 29.2 Å². The van der Waals surface area contributed by atoms with Crippen molar-refractivity contribution in [1.82, 2.24) is 4.90 Å². The van der Waals surface area contributed by atoms with Crippen molar-refractivity contribution in [2.24, 2.45) is 0 Å². The molecule has 0 saturated carbocycles. The maximum absolute atomic E-state index is 12.2. The average Bonchev–Trinajstić information content (AvgIpc) is 2.51. The molecule has 0 unspecified atom stereocenters. The number of benzene rings is 1. The number of carbonyl (C=O) groups excluding carboxylic acids is 1. The van der Waals surface area contributed by atoms with E-state index < -0.39 is 9.84 Å². The molecule has 1 aliphatic heterocycles. The molecule has 23 heavy (non-hydrogen) atoms. The van der Waals surface area contributed by atoms with Crippen LogP contribution in [0.5, 0.6) is 5.75 Å². The average molecular weight is 339 g/mol. The van der Waals surface area contributed by atoms with Crippen LogP contribution in [0.4, 0.5) is 0 Å². The number of hydrogen-bond donors (Lipinski definition) is 0. The van der Waals surface area contributed by atoms with Gasteiger partial charge in [-0.15, -0.1) is 0 Å². The Morgan fingerprint density at radius 3 is 2.57 bits per heavy atom. The van der Waals surface area contributed by atoms with Gasteiger partial charge < -0.3 is 9.64 Å². The molecule has 2 rings (SSSR count). The molecule has 5 nitrogen and oxygen atoms in total. The normalized spacial score (nSPS) is 18.7. The molecule has 0 aliphatic carbocycles. The number of ether oxygens (including phenoxy) is 1. The zero-order chi connectivity index (χ0) is 16.9. The van der Waals surface area contributed by atoms with E-state index in [-0.39, 0.29) is 10.8 Å². The van der Waals surface area contributed by atoms with Gasteiger partial charge in [0.25, 0.3) is 0 Å². The first-order chi connectivity index (χ1) is 10.9. The molecule has 6 heteroatoms. The summed E-state index contributed by atoms with van der Waals surface area (Å²) in [6.07, 6.45) is 5.73. The smallest absolute Gasteiger partial charge is 0.222 e. The maximum atomic E-state index is 12.2. The lowest BCUT2D eigenvalue weighted by Crippen LogP contribution is -2.42. The molecule has 1 amide bonds. The Kier molecular flexibility index (Phi) is 6.04. The molecular formula is C17H25NO4S. The van der Waals surface area contributed by atoms with Gasteiger partial charge in [0.15, 0.2) is 9.84 Å². The van der Waals surface area contributed by atoms with Gasteiger partial charge >= 0.3 is 0 Å². The Balaban J connectivity index is 1.74. The quantitative estimate of drug-likeness (QED) is 0.748. The SMILES string of the molecule is C[C@H]1CCCCN1C(=O)CCCOc1ccc(S(C)(=O)=O)cc1. The van der Waals surface area contributed by atoms with Crippen molar-refractivity contribution in [3.8, 4) is 5.75 Å². The van der Waals surface area contributed by atoms with Crippen molar-refractivity contribution in [1.29, 1.82) is 0 Å². The van der Waals surface area contributed by atoms with Crippen LogP contribution in [0.25, 0.3) is 0 Å². The summed E-state index contributed by atoms with van der Waals surface area (Å²) in [5, 5.41) is 0. The Morgan fingerprint density at radius 1 is 1.26 bits per heavy atom. The molecule has 1 aromatic carbocycles. The highest BCUT2D eigenvalue weighted by molar-refractivity contribution is 7.90. The van der Waals surface area contributed by atoms with Crippen molar-refractivity contribution in [3.05, 3.63) is 24.3 Å². The van der Waals surface area contributed by atoms with E-state index in [0.29, 0.717) is 31.2 Å². The predicted molar refractivity (Wildman–Crippen MR) is 89.3 cm³/mol. The standard InChI is InChI=1S/C17H25NO4S/c1-14-6-3-4-12-18(14)17(19)7-5-13-22-15-8-10-16(11-9-15)23(2,20)21/h8-11,14H,3-7,12-13H2,1-2H3/t14-/m0/s1. The second kappa shape index (κ2) is 7.81. The third kappa shape index (κ3) is 5.23. The summed E-state index contributed by atoms with van der Waals surface area (Å²) < 4.78 is 28.3. The van der Waals surface area contributed by atoms with Gasteiger partial charge in [-0.2, -0.15) is 0 Å². The van der Waals surface area contributed by atoms with Gasteiger partial charge in [-0.25, -0.2) is 8.42 Å². The summed E-state index contributed by atoms with van der Waals surface area (Å²) in [5.74, 6) is 0.824. The lowest BCUT2D eigenvalue weighted by Gasteiger charge is -2.33. The van der Waals surface area contributed by atoms with E-state index in [0.717, 1.165) is 19.4 Å². The summed E-state index contributed by atoms with van der Waals surface area (Å²) in [7, 11) is -3.18. The van der Waals surface area contributed by atoms with E-state index in [1.54, 1.807) is 12.1 Å². The molecule has 0 radical (unpaired) electrons. The van der Waals surface area contributed by atoms with Crippen LogP contribution in [0, 0.1) is 0 Å². The Labute approximate surface area is 138 Å². The van der Waals surface area contributed by atoms with Crippen LogP contribution in [0.1, 0.15) is 39.0 Å². The fourth-order valence-electron chi connectivity index (χ4n) is 2.81. The minimum absolute atomic E-state index is 0.202. The first kappa shape index (κ1) is 17.8. The number of piperidine rings is 1. The first-order valence-electron chi connectivity index (χ1n) is 8.10. The second-order valence-corrected chi connectivity index (χ2v) is 8.14. The number of amides is 1. The lowest BCUT2D eigenvalue weighted by molar-refractivity contribution is -0.134. The molecule has 1 heterocycles. The van der Waals surface area contributed by atoms with Gasteiger partial charge in [0.05, 0.1) is 11.5 Å². The summed E-state index contributed by atoms with van der Waals surface area (Å²) in [6, 6.07) is 6.70. The number of nitrogens with zero attached hydrogens (tertiary/aromatic N) is 1. The van der Waals surface area contributed by atoms with Gasteiger partial charge in [-0.1, -0.05) is 0 Å². The molecule has 0 bridgehead atoms. The molecule has 0 spiro atoms. The van der Waals surface area contributed by atoms with Crippen LogP contribution in [-0.4, -0.2) is 44.7 Å². The minimum Gasteiger partial charge on any atom is -0.494 e. The molecular weight excluding hydrogens is 314 g/mol. The fourth-order valence-corrected chi connectivity index (χ4v) is 3.44. The third-order valence-corrected chi connectivity index (χ3v) is 5.31. The molecule has 1 fully saturated rings. The van der Waals surface area contributed by atoms with Crippen molar-refractivity contribution in [2.45, 2.75) is 50.0 Å². The summed E-state index contributed by atoms with van der Waals surface area (Å²) in [6.45, 7) is 3.43. The van der Waals surface area contributed by atoms with E-state index in [4.69, 9.17) is 4.74 Å². The summed E-state index contributed by atoms with van der Waals surface area (Å²) >= 11 is 0. The third-order valence-electron chi connectivity index (χ3n) is 4.18. The highest BCUT2D eigenvalue weighted by Gasteiger charge is 2.22. The Hall–Kier alpha value is -1.56. The molecule has 1 aromatic rings. The van der Waals surface area contributed by atoms with Crippen LogP contribution in [-0.2, 0) is 14.6 Å². The van der Waals surface area contributed by atoms with E-state index in [2.05, 4.69) is 6.92 Å². The largest absolute Gasteiger partial charge is 0.494 e. The monoisotopic (exact) mass is 339 g/mol. The number of rotatable bonds is 6. The van der Waals surface area contributed by atoms with Gasteiger partial charge in [0, 0.05) is 25.3 Å². The van der Waals surface area contributed by atoms with Crippen molar-refractivity contribution in [3.63, 3.8) is 0 Å². The van der Waals surface area contributed by atoms with E-state index in [1.807, 2.05) is 4.90 Å². The van der Waals surface area contributed by atoms with Crippen LogP contribution >= 0.6 is 0 Å². The molecule has 128 valence electrons. The maximum Gasteiger partial charge on any atom is 0.222 e. The number of carbonyl (C=O) groups is 1. The fraction of sp³-hybridized carbons (Fsp3) is 0.588. The van der Waals surface area contributed by atoms with Crippen molar-refractivity contribution in [2.75, 3.05) is 19.4 Å². The van der Waals surface area contributed by atoms with Crippen LogP contribution < -0.4 is 4.74 Å². The number of likely N-dealkylation sites (tertiary alicyclic amines) is 1. The highest BCUT2D eigenvalue weighted by Crippen LogP contribution is 2.18. The molecule has 0 aromatic heterocycles. The predicted octanol–water partition coefficient (Wildman–Crippen LogP) is 2.65. The van der Waals surface area contributed by atoms with E-state index >= 15 is 0 Å². The van der Waals surface area contributed by atoms with Crippen LogP contribution in [0.3, 0.4) is 0 Å². The molecule has 1 aliphatic rings. The van der Waals surface area contributed by atoms with E-state index in [1.165, 1.54) is 24.8 Å². The molecule has 1 atom stereocenters. The summed E-state index contributed by atoms with van der Waals surface area (Å²) in [5.41, 5.74) is 0. The van der Waals surface area contributed by atoms with E-state index in [9.17, 15) is 13.2 Å². The van der Waals surface area contributed by atoms with Gasteiger partial charge in [-0.05, 0) is 56.9 Å². The zero-order valence-electron chi connectivity index (χ0n) is 13.8. The van der Waals surface area contributed by atoms with Gasteiger partial charge in [0.2, 0.25) is 5.91 Å². The topological polar surface area (TPSA) is 63.7 Å².